The third kappa shape index (κ3) is 1.95. The smallest absolute Gasteiger partial charge is 0.244 e. The summed E-state index contributed by atoms with van der Waals surface area (Å²) in [7, 11) is 0. The van der Waals surface area contributed by atoms with Crippen LogP contribution in [0.2, 0.25) is 0 Å². The van der Waals surface area contributed by atoms with E-state index in [4.69, 9.17) is 0 Å². The predicted octanol–water partition coefficient (Wildman–Crippen LogP) is 2.21. The molecule has 0 fully saturated rings. The second-order valence-electron chi connectivity index (χ2n) is 5.54. The molecule has 6 heteroatoms. The molecule has 23 heavy (non-hydrogen) atoms. The number of benzene rings is 2. The molecule has 0 bridgehead atoms. The lowest BCUT2D eigenvalue weighted by Gasteiger charge is -1.97. The summed E-state index contributed by atoms with van der Waals surface area (Å²) in [4.78, 5) is 17.2. The summed E-state index contributed by atoms with van der Waals surface area (Å²) < 4.78 is 16.9. The van der Waals surface area contributed by atoms with E-state index in [-0.39, 0.29) is 11.4 Å². The van der Waals surface area contributed by atoms with Gasteiger partial charge in [0.05, 0.1) is 5.69 Å². The first-order valence-corrected chi connectivity index (χ1v) is 7.25. The average Bonchev–Trinajstić information content (AvgIpc) is 2.89. The van der Waals surface area contributed by atoms with Gasteiger partial charge in [0, 0.05) is 6.07 Å². The fourth-order valence-electron chi connectivity index (χ4n) is 2.77. The fraction of sp³-hybridized carbons (Fsp3) is 0.118. The number of aryl methyl sites for hydroxylation is 2. The number of aromatic amines is 1. The molecule has 0 saturated heterocycles. The van der Waals surface area contributed by atoms with Crippen LogP contribution in [0.3, 0.4) is 0 Å². The molecule has 2 heterocycles. The highest BCUT2D eigenvalue weighted by Crippen LogP contribution is 2.13. The molecule has 0 radical (unpaired) electrons. The van der Waals surface area contributed by atoms with Gasteiger partial charge >= 0.3 is 5.56 Å². The predicted molar refractivity (Wildman–Crippen MR) is 84.3 cm³/mol. The lowest BCUT2D eigenvalue weighted by Crippen LogP contribution is -2.27. The van der Waals surface area contributed by atoms with E-state index >= 15 is 0 Å². The molecule has 0 aliphatic rings. The van der Waals surface area contributed by atoms with Crippen LogP contribution in [0.1, 0.15) is 11.3 Å². The quantitative estimate of drug-likeness (QED) is 0.548. The van der Waals surface area contributed by atoms with Gasteiger partial charge < -0.3 is 0 Å². The first-order chi connectivity index (χ1) is 11.1. The van der Waals surface area contributed by atoms with Crippen LogP contribution in [0.5, 0.6) is 0 Å². The Morgan fingerprint density at radius 3 is 2.74 bits per heavy atom. The van der Waals surface area contributed by atoms with Crippen molar-refractivity contribution in [1.82, 2.24) is 14.9 Å². The van der Waals surface area contributed by atoms with E-state index in [1.54, 1.807) is 30.5 Å². The van der Waals surface area contributed by atoms with Gasteiger partial charge in [0.25, 0.3) is 5.52 Å². The number of halogens is 1. The molecule has 0 aliphatic carbocycles. The molecule has 0 unspecified atom stereocenters. The highest BCUT2D eigenvalue weighted by Gasteiger charge is 2.22. The SMILES string of the molecule is Cc1ccc(-n2[nH][n+]3c(c(C)nc4ccccc43)c2=O)cc1F. The number of para-hydroxylation sites is 2. The number of fused-ring (bicyclic) bond motifs is 3. The average molecular weight is 309 g/mol. The number of hydrogen-bond donors (Lipinski definition) is 1. The van der Waals surface area contributed by atoms with Crippen molar-refractivity contribution in [2.24, 2.45) is 0 Å². The molecule has 1 N–H and O–H groups in total. The molecular weight excluding hydrogens is 295 g/mol. The van der Waals surface area contributed by atoms with E-state index in [1.165, 1.54) is 10.7 Å². The molecule has 4 aromatic rings. The number of nitrogens with one attached hydrogen (secondary N) is 1. The summed E-state index contributed by atoms with van der Waals surface area (Å²) in [5.41, 5.74) is 3.37. The van der Waals surface area contributed by atoms with Gasteiger partial charge in [-0.05, 0) is 37.6 Å². The van der Waals surface area contributed by atoms with Crippen molar-refractivity contribution in [1.29, 1.82) is 0 Å². The van der Waals surface area contributed by atoms with Gasteiger partial charge in [0.2, 0.25) is 0 Å². The first kappa shape index (κ1) is 13.6. The third-order valence-corrected chi connectivity index (χ3v) is 4.00. The Morgan fingerprint density at radius 2 is 1.96 bits per heavy atom. The summed E-state index contributed by atoms with van der Waals surface area (Å²) in [6, 6.07) is 12.2. The Balaban J connectivity index is 2.11. The van der Waals surface area contributed by atoms with Crippen LogP contribution >= 0.6 is 0 Å². The van der Waals surface area contributed by atoms with E-state index in [2.05, 4.69) is 10.2 Å². The molecule has 0 saturated carbocycles. The van der Waals surface area contributed by atoms with Crippen LogP contribution in [0.15, 0.2) is 47.3 Å². The zero-order chi connectivity index (χ0) is 16.1. The molecule has 0 aliphatic heterocycles. The third-order valence-electron chi connectivity index (χ3n) is 4.00. The Morgan fingerprint density at radius 1 is 1.17 bits per heavy atom. The van der Waals surface area contributed by atoms with E-state index in [1.807, 2.05) is 24.3 Å². The lowest BCUT2D eigenvalue weighted by molar-refractivity contribution is -0.556. The summed E-state index contributed by atoms with van der Waals surface area (Å²) >= 11 is 0. The maximum absolute atomic E-state index is 13.8. The minimum absolute atomic E-state index is 0.260. The normalized spacial score (nSPS) is 11.4. The van der Waals surface area contributed by atoms with Crippen molar-refractivity contribution in [3.63, 3.8) is 0 Å². The molecule has 2 aromatic carbocycles. The summed E-state index contributed by atoms with van der Waals surface area (Å²) in [5.74, 6) is -0.349. The minimum Gasteiger partial charge on any atom is -0.244 e. The summed E-state index contributed by atoms with van der Waals surface area (Å²) in [6.45, 7) is 3.47. The van der Waals surface area contributed by atoms with Crippen LogP contribution in [-0.4, -0.2) is 14.9 Å². The van der Waals surface area contributed by atoms with Gasteiger partial charge in [-0.2, -0.15) is 0 Å². The van der Waals surface area contributed by atoms with Gasteiger partial charge in [-0.15, -0.1) is 4.52 Å². The molecule has 5 nitrogen and oxygen atoms in total. The maximum Gasteiger partial charge on any atom is 0.408 e. The molecule has 114 valence electrons. The standard InChI is InChI=1S/C17H13FN4O/c1-10-7-8-12(9-13(10)18)21-17(23)16-11(2)19-14-5-3-4-6-15(14)22(16)20-21/h3-9H,1-2H3/p+1. The number of hydrogen-bond acceptors (Lipinski definition) is 2. The molecule has 0 amide bonds. The van der Waals surface area contributed by atoms with Crippen LogP contribution in [0, 0.1) is 19.7 Å². The van der Waals surface area contributed by atoms with E-state index in [0.717, 1.165) is 11.0 Å². The number of nitrogens with zero attached hydrogens (tertiary/aromatic N) is 3. The molecular formula is C17H14FN4O+. The van der Waals surface area contributed by atoms with Crippen LogP contribution in [0.25, 0.3) is 22.2 Å². The molecule has 4 rings (SSSR count). The van der Waals surface area contributed by atoms with Gasteiger partial charge in [-0.25, -0.2) is 14.2 Å². The molecule has 2 aromatic heterocycles. The summed E-state index contributed by atoms with van der Waals surface area (Å²) in [6.07, 6.45) is 0. The lowest BCUT2D eigenvalue weighted by atomic mass is 10.2. The Labute approximate surface area is 130 Å². The summed E-state index contributed by atoms with van der Waals surface area (Å²) in [5, 5.41) is 3.02. The largest absolute Gasteiger partial charge is 0.408 e. The Bertz CT molecular complexity index is 1130. The van der Waals surface area contributed by atoms with Gasteiger partial charge in [-0.3, -0.25) is 0 Å². The van der Waals surface area contributed by atoms with Crippen LogP contribution in [-0.2, 0) is 0 Å². The monoisotopic (exact) mass is 309 g/mol. The van der Waals surface area contributed by atoms with Gasteiger partial charge in [0.15, 0.2) is 11.2 Å². The fourth-order valence-corrected chi connectivity index (χ4v) is 2.77. The zero-order valence-electron chi connectivity index (χ0n) is 12.7. The molecule has 0 atom stereocenters. The van der Waals surface area contributed by atoms with Crippen molar-refractivity contribution in [3.8, 4) is 5.69 Å². The number of H-pyrrole nitrogens is 1. The zero-order valence-corrected chi connectivity index (χ0v) is 12.7. The van der Waals surface area contributed by atoms with Gasteiger partial charge in [0.1, 0.15) is 11.3 Å². The second kappa shape index (κ2) is 4.74. The van der Waals surface area contributed by atoms with Crippen LogP contribution < -0.4 is 10.1 Å². The van der Waals surface area contributed by atoms with Gasteiger partial charge in [-0.1, -0.05) is 28.1 Å². The topological polar surface area (TPSA) is 54.8 Å². The van der Waals surface area contributed by atoms with E-state index in [0.29, 0.717) is 22.5 Å². The number of rotatable bonds is 1. The maximum atomic E-state index is 13.8. The van der Waals surface area contributed by atoms with Crippen LogP contribution in [0.4, 0.5) is 4.39 Å². The Hall–Kier alpha value is -3.02. The van der Waals surface area contributed by atoms with Crippen molar-refractivity contribution >= 4 is 16.6 Å². The highest BCUT2D eigenvalue weighted by atomic mass is 19.1. The van der Waals surface area contributed by atoms with E-state index in [9.17, 15) is 9.18 Å². The second-order valence-corrected chi connectivity index (χ2v) is 5.54. The first-order valence-electron chi connectivity index (χ1n) is 7.25. The van der Waals surface area contributed by atoms with Crippen molar-refractivity contribution in [2.45, 2.75) is 13.8 Å². The molecule has 0 spiro atoms. The number of aromatic nitrogens is 4. The minimum atomic E-state index is -0.349. The highest BCUT2D eigenvalue weighted by molar-refractivity contribution is 5.72. The van der Waals surface area contributed by atoms with Crippen molar-refractivity contribution in [3.05, 3.63) is 69.9 Å². The van der Waals surface area contributed by atoms with Crippen molar-refractivity contribution in [2.75, 3.05) is 0 Å². The van der Waals surface area contributed by atoms with Crippen molar-refractivity contribution < 1.29 is 8.91 Å². The Kier molecular flexibility index (Phi) is 2.81. The van der Waals surface area contributed by atoms with E-state index < -0.39 is 0 Å².